The number of aromatic nitrogens is 3. The van der Waals surface area contributed by atoms with E-state index < -0.39 is 38.3 Å². The highest BCUT2D eigenvalue weighted by Crippen LogP contribution is 2.39. The molecule has 1 aliphatic rings. The summed E-state index contributed by atoms with van der Waals surface area (Å²) in [7, 11) is -2.82. The fourth-order valence-electron chi connectivity index (χ4n) is 5.06. The summed E-state index contributed by atoms with van der Waals surface area (Å²) in [5.41, 5.74) is 3.15. The van der Waals surface area contributed by atoms with Crippen molar-refractivity contribution in [1.29, 1.82) is 0 Å². The van der Waals surface area contributed by atoms with Gasteiger partial charge in [-0.25, -0.2) is 40.8 Å². The van der Waals surface area contributed by atoms with Crippen molar-refractivity contribution in [3.05, 3.63) is 106 Å². The quantitative estimate of drug-likeness (QED) is 0.188. The number of hydrogen-bond donors (Lipinski definition) is 2. The summed E-state index contributed by atoms with van der Waals surface area (Å²) in [6.07, 6.45) is 2.70. The number of aromatic carboxylic acids is 1. The lowest BCUT2D eigenvalue weighted by atomic mass is 9.95. The molecular formula is C31H25F3N4O4S2. The number of sulfonamides is 1. The zero-order valence-corrected chi connectivity index (χ0v) is 24.9. The highest BCUT2D eigenvalue weighted by Gasteiger charge is 2.30. The van der Waals surface area contributed by atoms with Crippen LogP contribution in [0.2, 0.25) is 0 Å². The number of halogens is 3. The zero-order valence-electron chi connectivity index (χ0n) is 23.2. The normalized spacial score (nSPS) is 13.4. The first-order valence-corrected chi connectivity index (χ1v) is 16.0. The lowest BCUT2D eigenvalue weighted by Crippen LogP contribution is -2.20. The van der Waals surface area contributed by atoms with Crippen molar-refractivity contribution in [3.8, 4) is 27.5 Å². The molecule has 3 aromatic carbocycles. The van der Waals surface area contributed by atoms with Gasteiger partial charge in [0.25, 0.3) is 0 Å². The Bertz CT molecular complexity index is 2020. The predicted molar refractivity (Wildman–Crippen MR) is 159 cm³/mol. The van der Waals surface area contributed by atoms with Crippen molar-refractivity contribution in [2.45, 2.75) is 30.6 Å². The van der Waals surface area contributed by atoms with Gasteiger partial charge in [0.05, 0.1) is 11.4 Å². The van der Waals surface area contributed by atoms with E-state index >= 15 is 8.78 Å². The fraction of sp³-hybridized carbons (Fsp3) is 0.194. The number of carboxylic acid groups (broad SMARTS) is 1. The lowest BCUT2D eigenvalue weighted by molar-refractivity contribution is 0.0691. The first-order valence-electron chi connectivity index (χ1n) is 13.6. The van der Waals surface area contributed by atoms with Crippen LogP contribution in [-0.2, 0) is 22.9 Å². The predicted octanol–water partition coefficient (Wildman–Crippen LogP) is 6.23. The largest absolute Gasteiger partial charge is 0.476 e. The lowest BCUT2D eigenvalue weighted by Gasteiger charge is -2.11. The second-order valence-electron chi connectivity index (χ2n) is 10.5. The molecular weight excluding hydrogens is 613 g/mol. The van der Waals surface area contributed by atoms with E-state index in [1.807, 2.05) is 0 Å². The second-order valence-corrected chi connectivity index (χ2v) is 13.2. The number of hydrogen-bond acceptors (Lipinski definition) is 6. The third-order valence-corrected chi connectivity index (χ3v) is 9.74. The number of rotatable bonds is 10. The molecule has 44 heavy (non-hydrogen) atoms. The highest BCUT2D eigenvalue weighted by molar-refractivity contribution is 7.89. The summed E-state index contributed by atoms with van der Waals surface area (Å²) < 4.78 is 72.4. The molecule has 0 saturated heterocycles. The van der Waals surface area contributed by atoms with Crippen LogP contribution in [0, 0.1) is 23.4 Å². The van der Waals surface area contributed by atoms with E-state index in [4.69, 9.17) is 5.10 Å². The number of nitrogens with one attached hydrogen (secondary N) is 1. The minimum atomic E-state index is -4.02. The van der Waals surface area contributed by atoms with Gasteiger partial charge in [0, 0.05) is 28.5 Å². The molecule has 0 atom stereocenters. The molecule has 0 amide bonds. The molecule has 0 spiro atoms. The molecule has 0 unspecified atom stereocenters. The van der Waals surface area contributed by atoms with Crippen LogP contribution >= 0.6 is 11.3 Å². The maximum Gasteiger partial charge on any atom is 0.355 e. The summed E-state index contributed by atoms with van der Waals surface area (Å²) in [5, 5.41) is 16.1. The molecule has 0 aliphatic heterocycles. The minimum absolute atomic E-state index is 0.137. The van der Waals surface area contributed by atoms with E-state index in [-0.39, 0.29) is 17.7 Å². The molecule has 5 aromatic rings. The van der Waals surface area contributed by atoms with Crippen LogP contribution in [0.4, 0.5) is 13.2 Å². The average Bonchev–Trinajstić information content (AvgIpc) is 3.55. The Hall–Kier alpha value is -4.33. The monoisotopic (exact) mass is 638 g/mol. The summed E-state index contributed by atoms with van der Waals surface area (Å²) >= 11 is 1.10. The number of benzene rings is 3. The van der Waals surface area contributed by atoms with Crippen molar-refractivity contribution >= 4 is 27.3 Å². The van der Waals surface area contributed by atoms with Gasteiger partial charge >= 0.3 is 5.97 Å². The molecule has 1 fully saturated rings. The van der Waals surface area contributed by atoms with Gasteiger partial charge in [-0.3, -0.25) is 0 Å². The Morgan fingerprint density at radius 1 is 1.05 bits per heavy atom. The Morgan fingerprint density at radius 2 is 1.84 bits per heavy atom. The summed E-state index contributed by atoms with van der Waals surface area (Å²) in [6, 6.07) is 13.8. The third kappa shape index (κ3) is 5.90. The van der Waals surface area contributed by atoms with Crippen LogP contribution < -0.4 is 4.72 Å². The van der Waals surface area contributed by atoms with Crippen molar-refractivity contribution in [1.82, 2.24) is 19.5 Å². The summed E-state index contributed by atoms with van der Waals surface area (Å²) in [5.74, 6) is -2.84. The van der Waals surface area contributed by atoms with Gasteiger partial charge in [-0.1, -0.05) is 18.2 Å². The number of nitrogens with zero attached hydrogens (tertiary/aromatic N) is 3. The van der Waals surface area contributed by atoms with Crippen molar-refractivity contribution in [2.75, 3.05) is 7.05 Å². The van der Waals surface area contributed by atoms with Crippen molar-refractivity contribution in [2.24, 2.45) is 5.92 Å². The Morgan fingerprint density at radius 3 is 2.50 bits per heavy atom. The number of thiazole rings is 1. The van der Waals surface area contributed by atoms with E-state index in [1.165, 1.54) is 48.8 Å². The molecule has 2 N–H and O–H groups in total. The maximum atomic E-state index is 15.1. The van der Waals surface area contributed by atoms with Gasteiger partial charge in [0.2, 0.25) is 15.2 Å². The Kier molecular flexibility index (Phi) is 7.86. The molecule has 6 rings (SSSR count). The second kappa shape index (κ2) is 11.6. The number of carboxylic acids is 1. The zero-order chi connectivity index (χ0) is 31.2. The van der Waals surface area contributed by atoms with E-state index in [2.05, 4.69) is 9.71 Å². The van der Waals surface area contributed by atoms with E-state index in [1.54, 1.807) is 22.9 Å². The number of carbonyl (C=O) groups is 1. The van der Waals surface area contributed by atoms with Gasteiger partial charge in [-0.15, -0.1) is 11.3 Å². The van der Waals surface area contributed by atoms with Crippen molar-refractivity contribution < 1.29 is 31.5 Å². The average molecular weight is 639 g/mol. The summed E-state index contributed by atoms with van der Waals surface area (Å²) in [6.45, 7) is 0. The molecule has 0 radical (unpaired) electrons. The van der Waals surface area contributed by atoms with Gasteiger partial charge in [-0.05, 0) is 85.8 Å². The first kappa shape index (κ1) is 29.7. The van der Waals surface area contributed by atoms with Gasteiger partial charge in [0.1, 0.15) is 22.3 Å². The topological polar surface area (TPSA) is 114 Å². The fourth-order valence-corrected chi connectivity index (χ4v) is 6.62. The van der Waals surface area contributed by atoms with Crippen molar-refractivity contribution in [3.63, 3.8) is 0 Å². The molecule has 2 heterocycles. The van der Waals surface area contributed by atoms with E-state index in [0.717, 1.165) is 35.9 Å². The van der Waals surface area contributed by atoms with Crippen LogP contribution in [0.25, 0.3) is 27.5 Å². The van der Waals surface area contributed by atoms with Crippen LogP contribution in [-0.4, -0.2) is 41.3 Å². The van der Waals surface area contributed by atoms with Gasteiger partial charge < -0.3 is 5.11 Å². The van der Waals surface area contributed by atoms with Crippen LogP contribution in [0.5, 0.6) is 0 Å². The van der Waals surface area contributed by atoms with E-state index in [0.29, 0.717) is 45.4 Å². The minimum Gasteiger partial charge on any atom is -0.476 e. The molecule has 226 valence electrons. The molecule has 1 aliphatic carbocycles. The maximum absolute atomic E-state index is 15.1. The van der Waals surface area contributed by atoms with Crippen LogP contribution in [0.3, 0.4) is 0 Å². The van der Waals surface area contributed by atoms with Crippen LogP contribution in [0.15, 0.2) is 70.9 Å². The Balaban J connectivity index is 1.54. The smallest absolute Gasteiger partial charge is 0.355 e. The third-order valence-electron chi connectivity index (χ3n) is 7.47. The first-order chi connectivity index (χ1) is 21.0. The van der Waals surface area contributed by atoms with Crippen LogP contribution in [0.1, 0.15) is 40.2 Å². The standard InChI is InChI=1S/C31H25F3N4O4S2/c1-35-44(41,42)28-10-7-18(12-25(28)34)11-23-27(13-17-5-6-17)38(31-36-26(16-43-31)30(39)40)37-29(23)20-8-9-24(33)22(15-20)19-3-2-4-21(32)14-19/h2-4,7-10,12,14-17,35H,5-6,11,13H2,1H3,(H,39,40). The molecule has 8 nitrogen and oxygen atoms in total. The molecule has 0 bridgehead atoms. The highest BCUT2D eigenvalue weighted by atomic mass is 32.2. The van der Waals surface area contributed by atoms with Gasteiger partial charge in [-0.2, -0.15) is 5.10 Å². The molecule has 13 heteroatoms. The SMILES string of the molecule is CNS(=O)(=O)c1ccc(Cc2c(-c3ccc(F)c(-c4cccc(F)c4)c3)nn(-c3nc(C(=O)O)cs3)c2CC2CC2)cc1F. The molecule has 1 saturated carbocycles. The Labute approximate surface area is 254 Å². The molecule has 2 aromatic heterocycles. The van der Waals surface area contributed by atoms with E-state index in [9.17, 15) is 22.7 Å². The van der Waals surface area contributed by atoms with Gasteiger partial charge in [0.15, 0.2) is 5.69 Å². The summed E-state index contributed by atoms with van der Waals surface area (Å²) in [4.78, 5) is 15.4.